The van der Waals surface area contributed by atoms with E-state index in [0.29, 0.717) is 4.80 Å². The van der Waals surface area contributed by atoms with E-state index in [1.165, 1.54) is 7.05 Å². The van der Waals surface area contributed by atoms with Crippen molar-refractivity contribution in [3.8, 4) is 0 Å². The van der Waals surface area contributed by atoms with Crippen molar-refractivity contribution in [2.24, 2.45) is 7.05 Å². The number of alkyl halides is 3. The lowest BCUT2D eigenvalue weighted by Gasteiger charge is -1.97. The molecule has 0 bridgehead atoms. The Morgan fingerprint density at radius 2 is 2.09 bits per heavy atom. The molecule has 1 N–H and O–H groups in total. The molecule has 0 spiro atoms. The molecule has 1 aromatic rings. The van der Waals surface area contributed by atoms with Crippen LogP contribution >= 0.6 is 0 Å². The van der Waals surface area contributed by atoms with Crippen molar-refractivity contribution in [2.75, 3.05) is 0 Å². The lowest BCUT2D eigenvalue weighted by molar-refractivity contribution is -0.142. The normalized spacial score (nSPS) is 12.0. The second-order valence-electron chi connectivity index (χ2n) is 1.91. The van der Waals surface area contributed by atoms with E-state index in [4.69, 9.17) is 0 Å². The van der Waals surface area contributed by atoms with E-state index in [1.54, 1.807) is 0 Å². The average Bonchev–Trinajstić information content (AvgIpc) is 2.08. The summed E-state index contributed by atoms with van der Waals surface area (Å²) in [6.07, 6.45) is -4.67. The summed E-state index contributed by atoms with van der Waals surface area (Å²) in [6.45, 7) is 0. The fourth-order valence-corrected chi connectivity index (χ4v) is 0.606. The van der Waals surface area contributed by atoms with Crippen LogP contribution < -0.4 is 5.56 Å². The standard InChI is InChI=1S/C4H4F3N3O/c1-10-8-2(3(11)9-10)4(5,6)7/h1H3,(H,9,11). The highest BCUT2D eigenvalue weighted by molar-refractivity contribution is 4.97. The fourth-order valence-electron chi connectivity index (χ4n) is 0.606. The Balaban J connectivity index is 3.25. The molecule has 0 saturated carbocycles. The zero-order valence-corrected chi connectivity index (χ0v) is 5.44. The molecule has 11 heavy (non-hydrogen) atoms. The molecule has 0 fully saturated rings. The molecular weight excluding hydrogens is 163 g/mol. The fraction of sp³-hybridized carbons (Fsp3) is 0.500. The smallest absolute Gasteiger partial charge is 0.265 e. The summed E-state index contributed by atoms with van der Waals surface area (Å²) in [5.41, 5.74) is -2.64. The Bertz CT molecular complexity index is 309. The van der Waals surface area contributed by atoms with Crippen LogP contribution in [0.2, 0.25) is 0 Å². The predicted molar refractivity (Wildman–Crippen MR) is 28.8 cm³/mol. The van der Waals surface area contributed by atoms with Gasteiger partial charge in [0, 0.05) is 7.05 Å². The first kappa shape index (κ1) is 7.83. The van der Waals surface area contributed by atoms with Gasteiger partial charge >= 0.3 is 6.18 Å². The van der Waals surface area contributed by atoms with E-state index in [2.05, 4.69) is 5.10 Å². The van der Waals surface area contributed by atoms with Crippen molar-refractivity contribution in [2.45, 2.75) is 6.18 Å². The molecule has 62 valence electrons. The Labute approximate surface area is 58.6 Å². The van der Waals surface area contributed by atoms with Crippen molar-refractivity contribution in [1.29, 1.82) is 0 Å². The lowest BCUT2D eigenvalue weighted by atomic mass is 10.5. The van der Waals surface area contributed by atoms with Crippen molar-refractivity contribution >= 4 is 0 Å². The number of aryl methyl sites for hydroxylation is 1. The lowest BCUT2D eigenvalue weighted by Crippen LogP contribution is -2.17. The molecule has 7 heteroatoms. The number of halogens is 3. The quantitative estimate of drug-likeness (QED) is 0.596. The van der Waals surface area contributed by atoms with Gasteiger partial charge in [-0.15, -0.1) is 5.10 Å². The Morgan fingerprint density at radius 3 is 2.27 bits per heavy atom. The first-order valence-electron chi connectivity index (χ1n) is 2.62. The van der Waals surface area contributed by atoms with E-state index >= 15 is 0 Å². The van der Waals surface area contributed by atoms with Gasteiger partial charge in [0.05, 0.1) is 0 Å². The molecule has 0 aliphatic carbocycles. The number of nitrogens with zero attached hydrogens (tertiary/aromatic N) is 2. The number of H-pyrrole nitrogens is 1. The van der Waals surface area contributed by atoms with Crippen LogP contribution in [-0.4, -0.2) is 15.0 Å². The zero-order chi connectivity index (χ0) is 8.65. The van der Waals surface area contributed by atoms with Crippen LogP contribution in [0.4, 0.5) is 13.2 Å². The van der Waals surface area contributed by atoms with Gasteiger partial charge in [0.25, 0.3) is 5.56 Å². The molecule has 0 unspecified atom stereocenters. The summed E-state index contributed by atoms with van der Waals surface area (Å²) in [5, 5.41) is 4.75. The van der Waals surface area contributed by atoms with Crippen molar-refractivity contribution in [3.63, 3.8) is 0 Å². The zero-order valence-electron chi connectivity index (χ0n) is 5.44. The van der Waals surface area contributed by atoms with E-state index in [-0.39, 0.29) is 0 Å². The minimum atomic E-state index is -4.67. The third-order valence-electron chi connectivity index (χ3n) is 0.997. The van der Waals surface area contributed by atoms with Gasteiger partial charge in [0.2, 0.25) is 5.69 Å². The summed E-state index contributed by atoms with van der Waals surface area (Å²) in [7, 11) is 1.20. The topological polar surface area (TPSA) is 50.7 Å². The summed E-state index contributed by atoms with van der Waals surface area (Å²) in [4.78, 5) is 11.1. The Morgan fingerprint density at radius 1 is 1.55 bits per heavy atom. The summed E-state index contributed by atoms with van der Waals surface area (Å²) in [6, 6.07) is 0. The molecule has 0 aliphatic rings. The largest absolute Gasteiger partial charge is 0.440 e. The first-order chi connectivity index (χ1) is 4.91. The highest BCUT2D eigenvalue weighted by Gasteiger charge is 2.37. The SMILES string of the molecule is Cn1nc(C(F)(F)F)c(=O)[nH]1. The second kappa shape index (κ2) is 2.11. The minimum Gasteiger partial charge on any atom is -0.265 e. The molecule has 0 aromatic carbocycles. The van der Waals surface area contributed by atoms with Crippen molar-refractivity contribution in [3.05, 3.63) is 16.0 Å². The monoisotopic (exact) mass is 167 g/mol. The predicted octanol–water partition coefficient (Wildman–Crippen LogP) is 0.127. The van der Waals surface area contributed by atoms with Gasteiger partial charge in [-0.05, 0) is 0 Å². The minimum absolute atomic E-state index is 0.713. The molecule has 0 amide bonds. The molecule has 0 saturated heterocycles. The summed E-state index contributed by atoms with van der Waals surface area (Å²) >= 11 is 0. The van der Waals surface area contributed by atoms with Crippen LogP contribution in [0.15, 0.2) is 4.79 Å². The number of hydrogen-bond donors (Lipinski definition) is 1. The molecule has 0 aliphatic heterocycles. The highest BCUT2D eigenvalue weighted by atomic mass is 19.4. The van der Waals surface area contributed by atoms with Gasteiger partial charge in [-0.3, -0.25) is 4.79 Å². The van der Waals surface area contributed by atoms with Gasteiger partial charge in [0.1, 0.15) is 0 Å². The molecule has 1 rings (SSSR count). The van der Waals surface area contributed by atoms with Crippen LogP contribution in [-0.2, 0) is 13.2 Å². The van der Waals surface area contributed by atoms with E-state index < -0.39 is 17.4 Å². The van der Waals surface area contributed by atoms with Gasteiger partial charge < -0.3 is 0 Å². The number of rotatable bonds is 0. The number of aromatic nitrogens is 3. The Kier molecular flexibility index (Phi) is 1.50. The van der Waals surface area contributed by atoms with Crippen LogP contribution in [0.3, 0.4) is 0 Å². The maximum absolute atomic E-state index is 11.8. The molecular formula is C4H4F3N3O. The van der Waals surface area contributed by atoms with E-state index in [1.807, 2.05) is 5.10 Å². The third-order valence-corrected chi connectivity index (χ3v) is 0.997. The van der Waals surface area contributed by atoms with Crippen molar-refractivity contribution < 1.29 is 13.2 Å². The molecule has 1 aromatic heterocycles. The Hall–Kier alpha value is -1.27. The highest BCUT2D eigenvalue weighted by Crippen LogP contribution is 2.23. The number of nitrogens with one attached hydrogen (secondary N) is 1. The molecule has 4 nitrogen and oxygen atoms in total. The van der Waals surface area contributed by atoms with Gasteiger partial charge in [0.15, 0.2) is 0 Å². The maximum atomic E-state index is 11.8. The van der Waals surface area contributed by atoms with Gasteiger partial charge in [-0.1, -0.05) is 0 Å². The molecule has 1 heterocycles. The average molecular weight is 167 g/mol. The number of aromatic amines is 1. The summed E-state index contributed by atoms with van der Waals surface area (Å²) < 4.78 is 35.3. The van der Waals surface area contributed by atoms with E-state index in [9.17, 15) is 18.0 Å². The van der Waals surface area contributed by atoms with E-state index in [0.717, 1.165) is 0 Å². The third kappa shape index (κ3) is 1.41. The van der Waals surface area contributed by atoms with Crippen LogP contribution in [0.25, 0.3) is 0 Å². The van der Waals surface area contributed by atoms with Crippen LogP contribution in [0, 0.1) is 0 Å². The van der Waals surface area contributed by atoms with Crippen LogP contribution in [0.1, 0.15) is 5.69 Å². The van der Waals surface area contributed by atoms with Crippen LogP contribution in [0.5, 0.6) is 0 Å². The summed E-state index contributed by atoms with van der Waals surface area (Å²) in [5.74, 6) is 0. The van der Waals surface area contributed by atoms with Gasteiger partial charge in [-0.25, -0.2) is 9.90 Å². The maximum Gasteiger partial charge on any atom is 0.440 e. The first-order valence-corrected chi connectivity index (χ1v) is 2.62. The second-order valence-corrected chi connectivity index (χ2v) is 1.91. The molecule has 0 radical (unpaired) electrons. The molecule has 0 atom stereocenters. The van der Waals surface area contributed by atoms with Gasteiger partial charge in [-0.2, -0.15) is 13.2 Å². The van der Waals surface area contributed by atoms with Crippen molar-refractivity contribution in [1.82, 2.24) is 15.0 Å². The number of hydrogen-bond acceptors (Lipinski definition) is 2.